The Morgan fingerprint density at radius 1 is 0.973 bits per heavy atom. The van der Waals surface area contributed by atoms with E-state index in [1.165, 1.54) is 48.5 Å². The van der Waals surface area contributed by atoms with Gasteiger partial charge in [0.05, 0.1) is 12.0 Å². The predicted molar refractivity (Wildman–Crippen MR) is 127 cm³/mol. The molecule has 0 bridgehead atoms. The molecule has 2 aromatic carbocycles. The second kappa shape index (κ2) is 12.4. The molecular weight excluding hydrogens is 514 g/mol. The summed E-state index contributed by atoms with van der Waals surface area (Å²) < 4.78 is 32.6. The number of hydrogen-bond acceptors (Lipinski definition) is 8. The highest BCUT2D eigenvalue weighted by atomic mass is 32.2. The van der Waals surface area contributed by atoms with Gasteiger partial charge in [0.2, 0.25) is 0 Å². The topological polar surface area (TPSA) is 250 Å². The minimum atomic E-state index is -4.74. The number of rotatable bonds is 13. The van der Waals surface area contributed by atoms with Crippen LogP contribution in [0.4, 0.5) is 5.69 Å². The molecule has 15 nitrogen and oxygen atoms in total. The molecule has 0 heterocycles. The third-order valence-corrected chi connectivity index (χ3v) is 6.10. The Bertz CT molecular complexity index is 1280. The summed E-state index contributed by atoms with van der Waals surface area (Å²) in [5, 5.41) is 36.9. The first-order valence-corrected chi connectivity index (χ1v) is 11.7. The van der Waals surface area contributed by atoms with E-state index in [1.54, 1.807) is 0 Å². The summed E-state index contributed by atoms with van der Waals surface area (Å²) in [6, 6.07) is 9.33. The van der Waals surface area contributed by atoms with Crippen molar-refractivity contribution in [3.05, 3.63) is 59.7 Å². The lowest BCUT2D eigenvalue weighted by Gasteiger charge is -2.25. The number of hydrogen-bond donors (Lipinski definition) is 7. The molecule has 198 valence electrons. The van der Waals surface area contributed by atoms with Crippen molar-refractivity contribution in [2.45, 2.75) is 19.0 Å². The maximum absolute atomic E-state index is 12.6. The molecule has 0 spiro atoms. The van der Waals surface area contributed by atoms with Crippen LogP contribution in [0.2, 0.25) is 0 Å². The van der Waals surface area contributed by atoms with Crippen molar-refractivity contribution in [1.82, 2.24) is 9.03 Å². The fourth-order valence-electron chi connectivity index (χ4n) is 2.92. The zero-order valence-electron chi connectivity index (χ0n) is 18.9. The van der Waals surface area contributed by atoms with Crippen LogP contribution in [0.1, 0.15) is 22.3 Å². The minimum absolute atomic E-state index is 0.0408. The lowest BCUT2D eigenvalue weighted by Crippen LogP contribution is -2.52. The molecule has 0 saturated heterocycles. The highest BCUT2D eigenvalue weighted by Gasteiger charge is 2.37. The first-order valence-electron chi connectivity index (χ1n) is 10.2. The second-order valence-electron chi connectivity index (χ2n) is 7.37. The maximum Gasteiger partial charge on any atom is 0.343 e. The zero-order valence-corrected chi connectivity index (χ0v) is 19.8. The highest BCUT2D eigenvalue weighted by molar-refractivity contribution is 7.87. The van der Waals surface area contributed by atoms with Gasteiger partial charge in [-0.1, -0.05) is 12.1 Å². The third kappa shape index (κ3) is 8.88. The lowest BCUT2D eigenvalue weighted by molar-refractivity contribution is -0.149. The molecule has 0 aromatic heterocycles. The van der Waals surface area contributed by atoms with Crippen LogP contribution in [-0.4, -0.2) is 70.5 Å². The van der Waals surface area contributed by atoms with Gasteiger partial charge in [-0.15, -0.1) is 0 Å². The van der Waals surface area contributed by atoms with Crippen LogP contribution in [0, 0.1) is 5.41 Å². The SMILES string of the molecule is N=C(N)Nc1ccc(C(=O)Oc2ccc(CNS(=O)(=O)N(CC(=O)O)C(CC(=O)O)C(=O)O)cc2)cc1. The van der Waals surface area contributed by atoms with Gasteiger partial charge >= 0.3 is 23.9 Å². The van der Waals surface area contributed by atoms with E-state index in [1.807, 2.05) is 4.72 Å². The van der Waals surface area contributed by atoms with E-state index in [2.05, 4.69) is 5.32 Å². The summed E-state index contributed by atoms with van der Waals surface area (Å²) in [6.45, 7) is -1.68. The molecule has 0 aliphatic carbocycles. The van der Waals surface area contributed by atoms with E-state index in [4.69, 9.17) is 26.1 Å². The van der Waals surface area contributed by atoms with E-state index >= 15 is 0 Å². The molecule has 0 fully saturated rings. The second-order valence-corrected chi connectivity index (χ2v) is 9.07. The molecule has 16 heteroatoms. The summed E-state index contributed by atoms with van der Waals surface area (Å²) in [5.74, 6) is -5.98. The first-order chi connectivity index (χ1) is 17.3. The highest BCUT2D eigenvalue weighted by Crippen LogP contribution is 2.17. The summed E-state index contributed by atoms with van der Waals surface area (Å²) in [6.07, 6.45) is -1.15. The predicted octanol–water partition coefficient (Wildman–Crippen LogP) is -0.140. The number of nitrogens with zero attached hydrogens (tertiary/aromatic N) is 1. The van der Waals surface area contributed by atoms with Gasteiger partial charge in [-0.05, 0) is 42.0 Å². The van der Waals surface area contributed by atoms with Gasteiger partial charge in [0.25, 0.3) is 10.2 Å². The Morgan fingerprint density at radius 3 is 2.05 bits per heavy atom. The smallest absolute Gasteiger partial charge is 0.343 e. The Balaban J connectivity index is 2.07. The number of benzene rings is 2. The number of carboxylic acids is 3. The Morgan fingerprint density at radius 2 is 1.57 bits per heavy atom. The number of aliphatic carboxylic acids is 3. The number of nitrogens with one attached hydrogen (secondary N) is 3. The van der Waals surface area contributed by atoms with Gasteiger partial charge in [-0.25, -0.2) is 4.79 Å². The standard InChI is InChI=1S/C21H23N5O10S/c22-21(23)25-14-5-3-13(4-6-14)20(33)36-15-7-1-12(2-8-15)10-24-37(34,35)26(11-18(29)30)16(19(31)32)9-17(27)28/h1-8,16,24H,9-11H2,(H,27,28)(H,29,30)(H,31,32)(H4,22,23,25). The fourth-order valence-corrected chi connectivity index (χ4v) is 4.21. The Hall–Kier alpha value is -4.54. The monoisotopic (exact) mass is 537 g/mol. The van der Waals surface area contributed by atoms with E-state index in [0.29, 0.717) is 11.3 Å². The number of ether oxygens (including phenoxy) is 1. The van der Waals surface area contributed by atoms with Gasteiger partial charge in [-0.2, -0.15) is 17.4 Å². The summed E-state index contributed by atoms with van der Waals surface area (Å²) in [7, 11) is -4.74. The quantitative estimate of drug-likeness (QED) is 0.0763. The lowest BCUT2D eigenvalue weighted by atomic mass is 10.2. The number of esters is 1. The van der Waals surface area contributed by atoms with Crippen molar-refractivity contribution in [2.75, 3.05) is 11.9 Å². The first kappa shape index (κ1) is 28.7. The number of anilines is 1. The molecule has 2 rings (SSSR count). The van der Waals surface area contributed by atoms with Crippen LogP contribution in [0.15, 0.2) is 48.5 Å². The number of carbonyl (C=O) groups is 4. The number of carbonyl (C=O) groups excluding carboxylic acids is 1. The molecule has 1 unspecified atom stereocenters. The van der Waals surface area contributed by atoms with Gasteiger partial charge in [-0.3, -0.25) is 19.8 Å². The number of nitrogens with two attached hydrogens (primary N) is 1. The van der Waals surface area contributed by atoms with E-state index in [9.17, 15) is 32.7 Å². The minimum Gasteiger partial charge on any atom is -0.481 e. The Labute approximate surface area is 210 Å². The fraction of sp³-hybridized carbons (Fsp3) is 0.190. The van der Waals surface area contributed by atoms with Gasteiger partial charge < -0.3 is 31.1 Å². The van der Waals surface area contributed by atoms with Crippen LogP contribution in [-0.2, 0) is 31.1 Å². The molecule has 37 heavy (non-hydrogen) atoms. The molecule has 0 aliphatic rings. The van der Waals surface area contributed by atoms with E-state index in [0.717, 1.165) is 0 Å². The van der Waals surface area contributed by atoms with E-state index < -0.39 is 59.6 Å². The van der Waals surface area contributed by atoms with Crippen LogP contribution in [0.3, 0.4) is 0 Å². The average Bonchev–Trinajstić information content (AvgIpc) is 2.80. The number of carboxylic acid groups (broad SMARTS) is 3. The van der Waals surface area contributed by atoms with Crippen molar-refractivity contribution in [3.8, 4) is 5.75 Å². The van der Waals surface area contributed by atoms with Crippen LogP contribution < -0.4 is 20.5 Å². The van der Waals surface area contributed by atoms with Gasteiger partial charge in [0, 0.05) is 12.2 Å². The molecular formula is C21H23N5O10S. The van der Waals surface area contributed by atoms with Crippen molar-refractivity contribution in [3.63, 3.8) is 0 Å². The molecule has 0 amide bonds. The molecule has 2 aromatic rings. The van der Waals surface area contributed by atoms with Gasteiger partial charge in [0.15, 0.2) is 5.96 Å². The molecule has 0 aliphatic heterocycles. The van der Waals surface area contributed by atoms with Crippen LogP contribution >= 0.6 is 0 Å². The molecule has 0 radical (unpaired) electrons. The number of guanidine groups is 1. The third-order valence-electron chi connectivity index (χ3n) is 4.59. The largest absolute Gasteiger partial charge is 0.481 e. The Kier molecular flexibility index (Phi) is 9.64. The van der Waals surface area contributed by atoms with Crippen molar-refractivity contribution in [2.24, 2.45) is 5.73 Å². The van der Waals surface area contributed by atoms with Crippen molar-refractivity contribution < 1.29 is 47.7 Å². The summed E-state index contributed by atoms with van der Waals surface area (Å²) >= 11 is 0. The zero-order chi connectivity index (χ0) is 27.8. The van der Waals surface area contributed by atoms with E-state index in [-0.39, 0.29) is 21.6 Å². The molecule has 8 N–H and O–H groups in total. The van der Waals surface area contributed by atoms with Crippen LogP contribution in [0.5, 0.6) is 5.75 Å². The molecule has 0 saturated carbocycles. The summed E-state index contributed by atoms with van der Waals surface area (Å²) in [5.41, 5.74) is 6.27. The van der Waals surface area contributed by atoms with Crippen molar-refractivity contribution in [1.29, 1.82) is 5.41 Å². The summed E-state index contributed by atoms with van der Waals surface area (Å²) in [4.78, 5) is 45.8. The molecule has 1 atom stereocenters. The van der Waals surface area contributed by atoms with Crippen molar-refractivity contribution >= 4 is 45.7 Å². The maximum atomic E-state index is 12.6. The van der Waals surface area contributed by atoms with Gasteiger partial charge in [0.1, 0.15) is 18.3 Å². The average molecular weight is 538 g/mol. The normalized spacial score (nSPS) is 11.9. The van der Waals surface area contributed by atoms with Crippen LogP contribution in [0.25, 0.3) is 0 Å².